The number of amides is 1. The molecule has 1 aromatic carbocycles. The largest absolute Gasteiger partial charge is 0.396 e. The number of nitro benzene ring substituents is 1. The smallest absolute Gasteiger partial charge is 0.270 e. The van der Waals surface area contributed by atoms with Crippen LogP contribution in [0, 0.1) is 21.4 Å². The van der Waals surface area contributed by atoms with Crippen LogP contribution in [0.3, 0.4) is 0 Å². The van der Waals surface area contributed by atoms with E-state index in [-0.39, 0.29) is 35.9 Å². The van der Waals surface area contributed by atoms with E-state index >= 15 is 0 Å². The predicted octanol–water partition coefficient (Wildman–Crippen LogP) is 1.57. The maximum Gasteiger partial charge on any atom is 0.270 e. The Balaban J connectivity index is 2.76. The summed E-state index contributed by atoms with van der Waals surface area (Å²) < 4.78 is 0. The van der Waals surface area contributed by atoms with E-state index in [1.165, 1.54) is 12.1 Å². The Morgan fingerprint density at radius 3 is 2.79 bits per heavy atom. The van der Waals surface area contributed by atoms with Crippen LogP contribution < -0.4 is 5.32 Å². The Hall–Kier alpha value is -2.46. The zero-order chi connectivity index (χ0) is 14.3. The quantitative estimate of drug-likeness (QED) is 0.459. The van der Waals surface area contributed by atoms with Crippen LogP contribution >= 0.6 is 0 Å². The number of rotatable bonds is 6. The number of nitro groups is 1. The number of carbonyl (C=O) groups excluding carboxylic acids is 1. The van der Waals surface area contributed by atoms with Crippen molar-refractivity contribution in [1.29, 1.82) is 5.26 Å². The van der Waals surface area contributed by atoms with Crippen molar-refractivity contribution in [1.82, 2.24) is 0 Å². The lowest BCUT2D eigenvalue weighted by Crippen LogP contribution is -2.12. The van der Waals surface area contributed by atoms with E-state index in [1.54, 1.807) is 6.07 Å². The van der Waals surface area contributed by atoms with E-state index in [4.69, 9.17) is 10.4 Å². The van der Waals surface area contributed by atoms with Gasteiger partial charge >= 0.3 is 0 Å². The molecule has 0 aliphatic heterocycles. The molecule has 0 aliphatic rings. The maximum atomic E-state index is 11.5. The molecular weight excluding hydrogens is 250 g/mol. The fraction of sp³-hybridized carbons (Fsp3) is 0.333. The zero-order valence-electron chi connectivity index (χ0n) is 10.1. The molecular formula is C12H13N3O4. The Kier molecular flexibility index (Phi) is 5.44. The van der Waals surface area contributed by atoms with Crippen LogP contribution in [0.2, 0.25) is 0 Å². The number of anilines is 1. The van der Waals surface area contributed by atoms with Gasteiger partial charge in [0.15, 0.2) is 0 Å². The number of unbranched alkanes of at least 4 members (excludes halogenated alkanes) is 1. The maximum absolute atomic E-state index is 11.5. The number of benzene rings is 1. The average molecular weight is 263 g/mol. The second-order valence-corrected chi connectivity index (χ2v) is 3.83. The number of non-ortho nitro benzene ring substituents is 1. The summed E-state index contributed by atoms with van der Waals surface area (Å²) in [5, 5.41) is 30.6. The normalized spacial score (nSPS) is 9.68. The second-order valence-electron chi connectivity index (χ2n) is 3.83. The summed E-state index contributed by atoms with van der Waals surface area (Å²) in [6.45, 7) is 0.0221. The third kappa shape index (κ3) is 4.37. The van der Waals surface area contributed by atoms with Gasteiger partial charge in [0.2, 0.25) is 5.91 Å². The van der Waals surface area contributed by atoms with Gasteiger partial charge in [0, 0.05) is 25.2 Å². The first-order chi connectivity index (χ1) is 9.08. The lowest BCUT2D eigenvalue weighted by Gasteiger charge is -2.06. The summed E-state index contributed by atoms with van der Waals surface area (Å²) in [6, 6.07) is 5.48. The van der Waals surface area contributed by atoms with Crippen molar-refractivity contribution in [3.8, 4) is 6.07 Å². The Morgan fingerprint density at radius 2 is 2.21 bits per heavy atom. The van der Waals surface area contributed by atoms with Crippen molar-refractivity contribution < 1.29 is 14.8 Å². The molecule has 0 heterocycles. The molecule has 0 saturated heterocycles. The number of carbonyl (C=O) groups is 1. The standard InChI is InChI=1S/C12H13N3O4/c13-8-9-7-10(15(18)19)4-5-11(9)14-12(17)3-1-2-6-16/h4-5,7,16H,1-3,6H2,(H,14,17). The van der Waals surface area contributed by atoms with E-state index in [1.807, 2.05) is 0 Å². The molecule has 7 nitrogen and oxygen atoms in total. The Bertz CT molecular complexity index is 522. The summed E-state index contributed by atoms with van der Waals surface area (Å²) in [5.74, 6) is -0.293. The van der Waals surface area contributed by atoms with Crippen molar-refractivity contribution in [3.63, 3.8) is 0 Å². The predicted molar refractivity (Wildman–Crippen MR) is 67.4 cm³/mol. The molecule has 19 heavy (non-hydrogen) atoms. The SMILES string of the molecule is N#Cc1cc([N+](=O)[O-])ccc1NC(=O)CCCCO. The number of hydrogen-bond donors (Lipinski definition) is 2. The first-order valence-corrected chi connectivity index (χ1v) is 5.67. The Labute approximate surface area is 109 Å². The fourth-order valence-corrected chi connectivity index (χ4v) is 1.46. The second kappa shape index (κ2) is 7.08. The van der Waals surface area contributed by atoms with Gasteiger partial charge in [0.1, 0.15) is 6.07 Å². The van der Waals surface area contributed by atoms with Crippen LogP contribution in [0.15, 0.2) is 18.2 Å². The number of nitriles is 1. The van der Waals surface area contributed by atoms with Gasteiger partial charge in [0.05, 0.1) is 16.2 Å². The summed E-state index contributed by atoms with van der Waals surface area (Å²) in [7, 11) is 0. The minimum Gasteiger partial charge on any atom is -0.396 e. The third-order valence-corrected chi connectivity index (χ3v) is 2.42. The van der Waals surface area contributed by atoms with E-state index < -0.39 is 4.92 Å². The summed E-state index contributed by atoms with van der Waals surface area (Å²) in [5.41, 5.74) is 0.0987. The van der Waals surface area contributed by atoms with Crippen molar-refractivity contribution in [3.05, 3.63) is 33.9 Å². The molecule has 1 aromatic rings. The molecule has 0 fully saturated rings. The highest BCUT2D eigenvalue weighted by atomic mass is 16.6. The summed E-state index contributed by atoms with van der Waals surface area (Å²) in [6.07, 6.45) is 1.29. The van der Waals surface area contributed by atoms with E-state index in [0.717, 1.165) is 6.07 Å². The van der Waals surface area contributed by atoms with Gasteiger partial charge in [0.25, 0.3) is 5.69 Å². The summed E-state index contributed by atoms with van der Waals surface area (Å²) in [4.78, 5) is 21.5. The Morgan fingerprint density at radius 1 is 1.47 bits per heavy atom. The number of aliphatic hydroxyl groups is 1. The molecule has 100 valence electrons. The minimum absolute atomic E-state index is 0.0221. The van der Waals surface area contributed by atoms with Crippen LogP contribution in [-0.4, -0.2) is 22.5 Å². The molecule has 0 atom stereocenters. The fourth-order valence-electron chi connectivity index (χ4n) is 1.46. The number of nitrogens with one attached hydrogen (secondary N) is 1. The molecule has 2 N–H and O–H groups in total. The molecule has 7 heteroatoms. The zero-order valence-corrected chi connectivity index (χ0v) is 10.1. The molecule has 1 rings (SSSR count). The van der Waals surface area contributed by atoms with Gasteiger partial charge < -0.3 is 10.4 Å². The van der Waals surface area contributed by atoms with Crippen molar-refractivity contribution >= 4 is 17.3 Å². The van der Waals surface area contributed by atoms with E-state index in [2.05, 4.69) is 5.32 Å². The van der Waals surface area contributed by atoms with Crippen LogP contribution in [-0.2, 0) is 4.79 Å². The number of hydrogen-bond acceptors (Lipinski definition) is 5. The molecule has 0 spiro atoms. The van der Waals surface area contributed by atoms with Gasteiger partial charge in [-0.25, -0.2) is 0 Å². The first-order valence-electron chi connectivity index (χ1n) is 5.67. The minimum atomic E-state index is -0.603. The van der Waals surface area contributed by atoms with Gasteiger partial charge in [-0.1, -0.05) is 0 Å². The van der Waals surface area contributed by atoms with Crippen LogP contribution in [0.4, 0.5) is 11.4 Å². The molecule has 0 radical (unpaired) electrons. The highest BCUT2D eigenvalue weighted by Gasteiger charge is 2.12. The van der Waals surface area contributed by atoms with Gasteiger partial charge in [-0.05, 0) is 18.9 Å². The first kappa shape index (κ1) is 14.6. The van der Waals surface area contributed by atoms with Crippen molar-refractivity contribution in [2.75, 3.05) is 11.9 Å². The van der Waals surface area contributed by atoms with Crippen LogP contribution in [0.5, 0.6) is 0 Å². The number of aliphatic hydroxyl groups excluding tert-OH is 1. The monoisotopic (exact) mass is 263 g/mol. The number of nitrogens with zero attached hydrogens (tertiary/aromatic N) is 2. The molecule has 0 aliphatic carbocycles. The molecule has 1 amide bonds. The molecule has 0 saturated carbocycles. The lowest BCUT2D eigenvalue weighted by atomic mass is 10.1. The topological polar surface area (TPSA) is 116 Å². The van der Waals surface area contributed by atoms with E-state index in [0.29, 0.717) is 12.8 Å². The molecule has 0 bridgehead atoms. The highest BCUT2D eigenvalue weighted by molar-refractivity contribution is 5.92. The van der Waals surface area contributed by atoms with E-state index in [9.17, 15) is 14.9 Å². The van der Waals surface area contributed by atoms with Crippen molar-refractivity contribution in [2.24, 2.45) is 0 Å². The molecule has 0 unspecified atom stereocenters. The van der Waals surface area contributed by atoms with Crippen LogP contribution in [0.1, 0.15) is 24.8 Å². The third-order valence-electron chi connectivity index (χ3n) is 2.42. The van der Waals surface area contributed by atoms with Crippen LogP contribution in [0.25, 0.3) is 0 Å². The molecule has 0 aromatic heterocycles. The average Bonchev–Trinajstić information content (AvgIpc) is 2.39. The highest BCUT2D eigenvalue weighted by Crippen LogP contribution is 2.21. The van der Waals surface area contributed by atoms with Gasteiger partial charge in [-0.3, -0.25) is 14.9 Å². The van der Waals surface area contributed by atoms with Crippen molar-refractivity contribution in [2.45, 2.75) is 19.3 Å². The van der Waals surface area contributed by atoms with Gasteiger partial charge in [-0.2, -0.15) is 5.26 Å². The van der Waals surface area contributed by atoms with Gasteiger partial charge in [-0.15, -0.1) is 0 Å². The summed E-state index contributed by atoms with van der Waals surface area (Å²) >= 11 is 0. The lowest BCUT2D eigenvalue weighted by molar-refractivity contribution is -0.384.